The molecule has 0 aliphatic carbocycles. The largest absolute Gasteiger partial charge is 0.505 e. The van der Waals surface area contributed by atoms with E-state index < -0.39 is 0 Å². The molecule has 2 N–H and O–H groups in total. The fourth-order valence-corrected chi connectivity index (χ4v) is 1.85. The number of hydrogen-bond acceptors (Lipinski definition) is 5. The molecule has 2 rings (SSSR count). The van der Waals surface area contributed by atoms with Gasteiger partial charge in [-0.2, -0.15) is 0 Å². The van der Waals surface area contributed by atoms with Crippen molar-refractivity contribution in [2.75, 3.05) is 14.2 Å². The fraction of sp³-hybridized carbons (Fsp3) is 0.200. The van der Waals surface area contributed by atoms with Gasteiger partial charge in [0, 0.05) is 24.4 Å². The topological polar surface area (TPSA) is 80.7 Å². The van der Waals surface area contributed by atoms with Crippen molar-refractivity contribution in [2.45, 2.75) is 6.54 Å². The minimum absolute atomic E-state index is 0.156. The van der Waals surface area contributed by atoms with Gasteiger partial charge in [0.05, 0.1) is 26.0 Å². The molecule has 0 aliphatic rings. The van der Waals surface area contributed by atoms with Gasteiger partial charge in [-0.25, -0.2) is 0 Å². The molecule has 21 heavy (non-hydrogen) atoms. The quantitative estimate of drug-likeness (QED) is 0.876. The van der Waals surface area contributed by atoms with Crippen LogP contribution in [-0.2, 0) is 6.54 Å². The third-order valence-electron chi connectivity index (χ3n) is 2.98. The van der Waals surface area contributed by atoms with Crippen molar-refractivity contribution in [1.82, 2.24) is 10.3 Å². The van der Waals surface area contributed by atoms with E-state index >= 15 is 0 Å². The number of amides is 1. The molecule has 0 bridgehead atoms. The Kier molecular flexibility index (Phi) is 4.61. The van der Waals surface area contributed by atoms with Gasteiger partial charge in [0.15, 0.2) is 0 Å². The molecule has 0 atom stereocenters. The second-order valence-electron chi connectivity index (χ2n) is 4.25. The average molecular weight is 288 g/mol. The number of aromatic nitrogens is 1. The predicted octanol–water partition coefficient (Wildman–Crippen LogP) is 1.73. The molecule has 1 amide bonds. The number of ether oxygens (including phenoxy) is 2. The molecule has 2 aromatic rings. The zero-order valence-electron chi connectivity index (χ0n) is 11.8. The van der Waals surface area contributed by atoms with Gasteiger partial charge in [-0.1, -0.05) is 0 Å². The van der Waals surface area contributed by atoms with Crippen molar-refractivity contribution in [3.8, 4) is 17.2 Å². The minimum atomic E-state index is -0.382. The summed E-state index contributed by atoms with van der Waals surface area (Å²) >= 11 is 0. The van der Waals surface area contributed by atoms with E-state index in [1.165, 1.54) is 18.5 Å². The molecule has 1 heterocycles. The summed E-state index contributed by atoms with van der Waals surface area (Å²) in [5, 5.41) is 12.3. The van der Waals surface area contributed by atoms with Crippen molar-refractivity contribution in [2.24, 2.45) is 0 Å². The van der Waals surface area contributed by atoms with Crippen LogP contribution in [0.5, 0.6) is 17.2 Å². The molecular weight excluding hydrogens is 272 g/mol. The SMILES string of the molecule is COc1ccc(CNC(=O)c2ccncc2O)c(OC)c1. The van der Waals surface area contributed by atoms with Gasteiger partial charge < -0.3 is 19.9 Å². The summed E-state index contributed by atoms with van der Waals surface area (Å²) in [5.41, 5.74) is 0.984. The molecule has 0 fully saturated rings. The number of carbonyl (C=O) groups excluding carboxylic acids is 1. The van der Waals surface area contributed by atoms with Gasteiger partial charge in [-0.05, 0) is 18.2 Å². The first-order chi connectivity index (χ1) is 10.2. The Morgan fingerprint density at radius 3 is 2.76 bits per heavy atom. The van der Waals surface area contributed by atoms with Crippen molar-refractivity contribution in [3.05, 3.63) is 47.8 Å². The zero-order chi connectivity index (χ0) is 15.2. The third-order valence-corrected chi connectivity index (χ3v) is 2.98. The van der Waals surface area contributed by atoms with Crippen LogP contribution in [0.4, 0.5) is 0 Å². The molecule has 6 nitrogen and oxygen atoms in total. The number of carbonyl (C=O) groups is 1. The lowest BCUT2D eigenvalue weighted by molar-refractivity contribution is 0.0948. The van der Waals surface area contributed by atoms with E-state index in [0.717, 1.165) is 5.56 Å². The Morgan fingerprint density at radius 2 is 2.10 bits per heavy atom. The summed E-state index contributed by atoms with van der Waals surface area (Å²) in [7, 11) is 3.12. The Hall–Kier alpha value is -2.76. The van der Waals surface area contributed by atoms with Gasteiger partial charge in [-0.15, -0.1) is 0 Å². The minimum Gasteiger partial charge on any atom is -0.505 e. The van der Waals surface area contributed by atoms with Crippen LogP contribution in [0, 0.1) is 0 Å². The summed E-state index contributed by atoms with van der Waals surface area (Å²) in [6.45, 7) is 0.272. The van der Waals surface area contributed by atoms with Crippen LogP contribution in [0.15, 0.2) is 36.7 Å². The van der Waals surface area contributed by atoms with Gasteiger partial charge in [0.25, 0.3) is 5.91 Å². The van der Waals surface area contributed by atoms with Crippen LogP contribution in [-0.4, -0.2) is 30.2 Å². The highest BCUT2D eigenvalue weighted by Gasteiger charge is 2.12. The maximum Gasteiger partial charge on any atom is 0.255 e. The highest BCUT2D eigenvalue weighted by molar-refractivity contribution is 5.96. The monoisotopic (exact) mass is 288 g/mol. The Bertz CT molecular complexity index is 643. The van der Waals surface area contributed by atoms with Crippen LogP contribution in [0.2, 0.25) is 0 Å². The van der Waals surface area contributed by atoms with E-state index in [9.17, 15) is 9.90 Å². The molecule has 0 aliphatic heterocycles. The molecule has 0 radical (unpaired) electrons. The lowest BCUT2D eigenvalue weighted by atomic mass is 10.1. The molecule has 6 heteroatoms. The first kappa shape index (κ1) is 14.6. The number of nitrogens with one attached hydrogen (secondary N) is 1. The van der Waals surface area contributed by atoms with Crippen LogP contribution >= 0.6 is 0 Å². The predicted molar refractivity (Wildman–Crippen MR) is 76.6 cm³/mol. The summed E-state index contributed by atoms with van der Waals surface area (Å²) in [5.74, 6) is 0.756. The summed E-state index contributed by atoms with van der Waals surface area (Å²) in [6.07, 6.45) is 2.67. The number of methoxy groups -OCH3 is 2. The van der Waals surface area contributed by atoms with Gasteiger partial charge >= 0.3 is 0 Å². The van der Waals surface area contributed by atoms with Crippen molar-refractivity contribution >= 4 is 5.91 Å². The molecule has 0 saturated carbocycles. The van der Waals surface area contributed by atoms with Gasteiger partial charge in [0.1, 0.15) is 17.2 Å². The number of pyridine rings is 1. The summed E-state index contributed by atoms with van der Waals surface area (Å²) in [4.78, 5) is 15.7. The smallest absolute Gasteiger partial charge is 0.255 e. The molecule has 0 unspecified atom stereocenters. The van der Waals surface area contributed by atoms with Crippen molar-refractivity contribution in [1.29, 1.82) is 0 Å². The number of rotatable bonds is 5. The van der Waals surface area contributed by atoms with E-state index in [2.05, 4.69) is 10.3 Å². The maximum absolute atomic E-state index is 12.0. The molecule has 110 valence electrons. The zero-order valence-corrected chi connectivity index (χ0v) is 11.8. The standard InChI is InChI=1S/C15H16N2O4/c1-20-11-4-3-10(14(7-11)21-2)8-17-15(19)12-5-6-16-9-13(12)18/h3-7,9,18H,8H2,1-2H3,(H,17,19). The first-order valence-corrected chi connectivity index (χ1v) is 6.27. The van der Waals surface area contributed by atoms with Crippen molar-refractivity contribution < 1.29 is 19.4 Å². The first-order valence-electron chi connectivity index (χ1n) is 6.27. The maximum atomic E-state index is 12.0. The van der Waals surface area contributed by atoms with Crippen molar-refractivity contribution in [3.63, 3.8) is 0 Å². The van der Waals surface area contributed by atoms with Crippen LogP contribution in [0.3, 0.4) is 0 Å². The van der Waals surface area contributed by atoms with E-state index in [1.807, 2.05) is 6.07 Å². The lowest BCUT2D eigenvalue weighted by Gasteiger charge is -2.11. The van der Waals surface area contributed by atoms with Crippen LogP contribution in [0.1, 0.15) is 15.9 Å². The molecule has 0 spiro atoms. The lowest BCUT2D eigenvalue weighted by Crippen LogP contribution is -2.23. The summed E-state index contributed by atoms with van der Waals surface area (Å²) in [6, 6.07) is 6.79. The van der Waals surface area contributed by atoms with Gasteiger partial charge in [0.2, 0.25) is 0 Å². The Morgan fingerprint density at radius 1 is 1.29 bits per heavy atom. The second-order valence-corrected chi connectivity index (χ2v) is 4.25. The van der Waals surface area contributed by atoms with Gasteiger partial charge in [-0.3, -0.25) is 9.78 Å². The molecule has 1 aromatic heterocycles. The number of nitrogens with zero attached hydrogens (tertiary/aromatic N) is 1. The summed E-state index contributed by atoms with van der Waals surface area (Å²) < 4.78 is 10.4. The third kappa shape index (κ3) is 3.42. The van der Waals surface area contributed by atoms with E-state index in [1.54, 1.807) is 26.4 Å². The second kappa shape index (κ2) is 6.60. The molecular formula is C15H16N2O4. The number of aromatic hydroxyl groups is 1. The average Bonchev–Trinajstić information content (AvgIpc) is 2.52. The van der Waals surface area contributed by atoms with E-state index in [0.29, 0.717) is 11.5 Å². The Labute approximate surface area is 122 Å². The number of hydrogen-bond donors (Lipinski definition) is 2. The highest BCUT2D eigenvalue weighted by Crippen LogP contribution is 2.24. The Balaban J connectivity index is 2.10. The van der Waals surface area contributed by atoms with Crippen LogP contribution in [0.25, 0.3) is 0 Å². The fourth-order valence-electron chi connectivity index (χ4n) is 1.85. The molecule has 0 saturated heterocycles. The van der Waals surface area contributed by atoms with E-state index in [4.69, 9.17) is 9.47 Å². The number of benzene rings is 1. The van der Waals surface area contributed by atoms with Crippen LogP contribution < -0.4 is 14.8 Å². The van der Waals surface area contributed by atoms with E-state index in [-0.39, 0.29) is 23.8 Å². The molecule has 1 aromatic carbocycles. The highest BCUT2D eigenvalue weighted by atomic mass is 16.5. The normalized spacial score (nSPS) is 10.0.